The molecule has 5 nitrogen and oxygen atoms in total. The van der Waals surface area contributed by atoms with Crippen LogP contribution in [0.5, 0.6) is 0 Å². The Bertz CT molecular complexity index is 733. The Morgan fingerprint density at radius 2 is 2.00 bits per heavy atom. The van der Waals surface area contributed by atoms with E-state index in [1.165, 1.54) is 24.6 Å². The summed E-state index contributed by atoms with van der Waals surface area (Å²) in [5.74, 6) is -0.163. The highest BCUT2D eigenvalue weighted by Crippen LogP contribution is 2.48. The molecule has 4 rings (SSSR count). The molecular formula is C19H23ClN4O. The Labute approximate surface area is 152 Å². The maximum absolute atomic E-state index is 12.2. The van der Waals surface area contributed by atoms with E-state index in [1.54, 1.807) is 0 Å². The van der Waals surface area contributed by atoms with Gasteiger partial charge in [0, 0.05) is 31.1 Å². The van der Waals surface area contributed by atoms with Crippen LogP contribution in [0.25, 0.3) is 0 Å². The first-order valence-electron chi connectivity index (χ1n) is 8.94. The van der Waals surface area contributed by atoms with Crippen molar-refractivity contribution in [2.75, 3.05) is 19.6 Å². The molecule has 1 saturated carbocycles. The first-order chi connectivity index (χ1) is 12.2. The van der Waals surface area contributed by atoms with Gasteiger partial charge in [-0.25, -0.2) is 0 Å². The van der Waals surface area contributed by atoms with Gasteiger partial charge in [0.05, 0.1) is 11.2 Å². The normalized spacial score (nSPS) is 20.4. The molecule has 25 heavy (non-hydrogen) atoms. The summed E-state index contributed by atoms with van der Waals surface area (Å²) in [7, 11) is 0. The van der Waals surface area contributed by atoms with Gasteiger partial charge in [-0.3, -0.25) is 9.89 Å². The molecule has 0 spiro atoms. The maximum atomic E-state index is 12.2. The third-order valence-corrected chi connectivity index (χ3v) is 5.80. The summed E-state index contributed by atoms with van der Waals surface area (Å²) < 4.78 is 0. The molecule has 1 aliphatic heterocycles. The highest BCUT2D eigenvalue weighted by Gasteiger charge is 2.45. The van der Waals surface area contributed by atoms with Gasteiger partial charge >= 0.3 is 0 Å². The topological polar surface area (TPSA) is 61.0 Å². The second-order valence-electron chi connectivity index (χ2n) is 7.26. The number of halogens is 1. The number of H-pyrrole nitrogens is 1. The van der Waals surface area contributed by atoms with Gasteiger partial charge in [-0.15, -0.1) is 0 Å². The summed E-state index contributed by atoms with van der Waals surface area (Å²) >= 11 is 5.95. The zero-order valence-corrected chi connectivity index (χ0v) is 14.9. The van der Waals surface area contributed by atoms with Crippen LogP contribution in [0.15, 0.2) is 36.5 Å². The standard InChI is InChI=1S/C19H23ClN4O/c20-16-12-21-23-17(16)18(25)22-15-6-10-24(11-7-15)13-19(8-9-19)14-4-2-1-3-5-14/h1-5,12,15H,6-11,13H2,(H,21,23)(H,22,25). The van der Waals surface area contributed by atoms with E-state index in [2.05, 4.69) is 50.7 Å². The van der Waals surface area contributed by atoms with Crippen molar-refractivity contribution in [2.45, 2.75) is 37.1 Å². The monoisotopic (exact) mass is 358 g/mol. The molecule has 132 valence electrons. The number of hydrogen-bond acceptors (Lipinski definition) is 3. The number of aromatic amines is 1. The van der Waals surface area contributed by atoms with Crippen molar-refractivity contribution in [3.63, 3.8) is 0 Å². The maximum Gasteiger partial charge on any atom is 0.271 e. The molecule has 1 amide bonds. The molecule has 0 bridgehead atoms. The largest absolute Gasteiger partial charge is 0.348 e. The van der Waals surface area contributed by atoms with E-state index in [0.717, 1.165) is 32.5 Å². The summed E-state index contributed by atoms with van der Waals surface area (Å²) in [6.45, 7) is 3.18. The summed E-state index contributed by atoms with van der Waals surface area (Å²) in [4.78, 5) is 14.8. The zero-order chi connectivity index (χ0) is 17.3. The molecule has 1 aromatic carbocycles. The number of carbonyl (C=O) groups is 1. The summed E-state index contributed by atoms with van der Waals surface area (Å²) in [5.41, 5.74) is 2.19. The number of aromatic nitrogens is 2. The fourth-order valence-electron chi connectivity index (χ4n) is 3.83. The Kier molecular flexibility index (Phi) is 4.52. The third kappa shape index (κ3) is 3.58. The van der Waals surface area contributed by atoms with Crippen molar-refractivity contribution in [1.29, 1.82) is 0 Å². The van der Waals surface area contributed by atoms with Crippen LogP contribution in [0.1, 0.15) is 41.7 Å². The molecule has 6 heteroatoms. The van der Waals surface area contributed by atoms with Crippen LogP contribution >= 0.6 is 11.6 Å². The molecule has 0 atom stereocenters. The van der Waals surface area contributed by atoms with Gasteiger partial charge in [-0.05, 0) is 31.2 Å². The van der Waals surface area contributed by atoms with Crippen LogP contribution < -0.4 is 5.32 Å². The number of carbonyl (C=O) groups excluding carboxylic acids is 1. The number of piperidine rings is 1. The molecule has 1 aliphatic carbocycles. The van der Waals surface area contributed by atoms with Crippen molar-refractivity contribution in [2.24, 2.45) is 0 Å². The number of rotatable bonds is 5. The van der Waals surface area contributed by atoms with Gasteiger partial charge in [0.2, 0.25) is 0 Å². The van der Waals surface area contributed by atoms with Gasteiger partial charge in [-0.1, -0.05) is 41.9 Å². The van der Waals surface area contributed by atoms with Crippen molar-refractivity contribution in [3.8, 4) is 0 Å². The van der Waals surface area contributed by atoms with Crippen LogP contribution in [-0.2, 0) is 5.41 Å². The zero-order valence-electron chi connectivity index (χ0n) is 14.2. The minimum Gasteiger partial charge on any atom is -0.348 e. The van der Waals surface area contributed by atoms with Crippen molar-refractivity contribution in [3.05, 3.63) is 52.8 Å². The lowest BCUT2D eigenvalue weighted by Crippen LogP contribution is -2.46. The summed E-state index contributed by atoms with van der Waals surface area (Å²) in [6.07, 6.45) is 5.97. The van der Waals surface area contributed by atoms with Crippen molar-refractivity contribution >= 4 is 17.5 Å². The minimum absolute atomic E-state index is 0.163. The fourth-order valence-corrected chi connectivity index (χ4v) is 4.01. The SMILES string of the molecule is O=C(NC1CCN(CC2(c3ccccc3)CC2)CC1)c1[nH]ncc1Cl. The van der Waals surface area contributed by atoms with E-state index in [1.807, 2.05) is 0 Å². The Morgan fingerprint density at radius 3 is 2.60 bits per heavy atom. The highest BCUT2D eigenvalue weighted by atomic mass is 35.5. The van der Waals surface area contributed by atoms with Gasteiger partial charge in [0.1, 0.15) is 5.69 Å². The molecule has 0 radical (unpaired) electrons. The van der Waals surface area contributed by atoms with E-state index in [-0.39, 0.29) is 11.9 Å². The van der Waals surface area contributed by atoms with Gasteiger partial charge in [-0.2, -0.15) is 5.10 Å². The van der Waals surface area contributed by atoms with E-state index in [9.17, 15) is 4.79 Å². The van der Waals surface area contributed by atoms with E-state index < -0.39 is 0 Å². The van der Waals surface area contributed by atoms with Crippen LogP contribution in [0.3, 0.4) is 0 Å². The predicted molar refractivity (Wildman–Crippen MR) is 97.9 cm³/mol. The van der Waals surface area contributed by atoms with E-state index in [0.29, 0.717) is 16.1 Å². The second-order valence-corrected chi connectivity index (χ2v) is 7.67. The minimum atomic E-state index is -0.163. The lowest BCUT2D eigenvalue weighted by atomic mass is 9.94. The summed E-state index contributed by atoms with van der Waals surface area (Å²) in [5, 5.41) is 9.90. The fraction of sp³-hybridized carbons (Fsp3) is 0.474. The first-order valence-corrected chi connectivity index (χ1v) is 9.32. The smallest absolute Gasteiger partial charge is 0.271 e. The molecular weight excluding hydrogens is 336 g/mol. The average Bonchev–Trinajstić information content (AvgIpc) is 3.29. The molecule has 1 aromatic heterocycles. The number of nitrogens with one attached hydrogen (secondary N) is 2. The van der Waals surface area contributed by atoms with Gasteiger partial charge < -0.3 is 10.2 Å². The Balaban J connectivity index is 1.29. The molecule has 2 fully saturated rings. The van der Waals surface area contributed by atoms with Gasteiger partial charge in [0.25, 0.3) is 5.91 Å². The van der Waals surface area contributed by atoms with Crippen molar-refractivity contribution in [1.82, 2.24) is 20.4 Å². The molecule has 2 aliphatic rings. The Hall–Kier alpha value is -1.85. The second kappa shape index (κ2) is 6.81. The predicted octanol–water partition coefficient (Wildman–Crippen LogP) is 2.99. The van der Waals surface area contributed by atoms with E-state index in [4.69, 9.17) is 11.6 Å². The highest BCUT2D eigenvalue weighted by molar-refractivity contribution is 6.33. The van der Waals surface area contributed by atoms with Crippen LogP contribution in [0.4, 0.5) is 0 Å². The Morgan fingerprint density at radius 1 is 1.28 bits per heavy atom. The molecule has 2 heterocycles. The van der Waals surface area contributed by atoms with Crippen LogP contribution in [0, 0.1) is 0 Å². The molecule has 1 saturated heterocycles. The first kappa shape index (κ1) is 16.6. The number of nitrogens with zero attached hydrogens (tertiary/aromatic N) is 2. The van der Waals surface area contributed by atoms with Gasteiger partial charge in [0.15, 0.2) is 0 Å². The van der Waals surface area contributed by atoms with Crippen LogP contribution in [0.2, 0.25) is 5.02 Å². The number of likely N-dealkylation sites (tertiary alicyclic amines) is 1. The molecule has 0 unspecified atom stereocenters. The number of benzene rings is 1. The molecule has 2 N–H and O–H groups in total. The third-order valence-electron chi connectivity index (χ3n) is 5.51. The van der Waals surface area contributed by atoms with E-state index >= 15 is 0 Å². The average molecular weight is 359 g/mol. The number of hydrogen-bond donors (Lipinski definition) is 2. The number of amides is 1. The molecule has 2 aromatic rings. The quantitative estimate of drug-likeness (QED) is 0.863. The lowest BCUT2D eigenvalue weighted by Gasteiger charge is -2.34. The van der Waals surface area contributed by atoms with Crippen molar-refractivity contribution < 1.29 is 4.79 Å². The van der Waals surface area contributed by atoms with Crippen LogP contribution in [-0.4, -0.2) is 46.7 Å². The summed E-state index contributed by atoms with van der Waals surface area (Å²) in [6, 6.07) is 11.1. The lowest BCUT2D eigenvalue weighted by molar-refractivity contribution is 0.0903.